The first-order valence-electron chi connectivity index (χ1n) is 11.2. The Bertz CT molecular complexity index is 1450. The van der Waals surface area contributed by atoms with Crippen LogP contribution in [0.2, 0.25) is 0 Å². The van der Waals surface area contributed by atoms with E-state index in [-0.39, 0.29) is 10.6 Å². The Hall–Kier alpha value is -3.45. The van der Waals surface area contributed by atoms with Gasteiger partial charge in [-0.15, -0.1) is 0 Å². The molecule has 0 spiro atoms. The van der Waals surface area contributed by atoms with Crippen molar-refractivity contribution >= 4 is 63.2 Å². The number of halogens is 3. The minimum Gasteiger partial charge on any atom is -0.493 e. The second-order valence-corrected chi connectivity index (χ2v) is 10.4. The molecular weight excluding hydrogens is 629 g/mol. The summed E-state index contributed by atoms with van der Waals surface area (Å²) in [6, 6.07) is 14.1. The van der Waals surface area contributed by atoms with Crippen molar-refractivity contribution in [3.63, 3.8) is 0 Å². The van der Waals surface area contributed by atoms with Gasteiger partial charge >= 0.3 is 0 Å². The molecule has 0 radical (unpaired) electrons. The Kier molecular flexibility index (Phi) is 8.67. The number of amides is 3. The Labute approximate surface area is 235 Å². The number of hydrogen-bond donors (Lipinski definition) is 1. The number of ether oxygens (including phenoxy) is 2. The summed E-state index contributed by atoms with van der Waals surface area (Å²) in [6.45, 7) is 1.73. The van der Waals surface area contributed by atoms with Crippen LogP contribution in [0.5, 0.6) is 11.5 Å². The summed E-state index contributed by atoms with van der Waals surface area (Å²) in [6.07, 6.45) is 1.52. The van der Waals surface area contributed by atoms with E-state index in [1.807, 2.05) is 31.2 Å². The number of methoxy groups -OCH3 is 1. The third-order valence-electron chi connectivity index (χ3n) is 5.43. The fraction of sp³-hybridized carbons (Fsp3) is 0.148. The van der Waals surface area contributed by atoms with Gasteiger partial charge in [0.1, 0.15) is 24.8 Å². The molecule has 1 saturated heterocycles. The van der Waals surface area contributed by atoms with E-state index >= 15 is 0 Å². The van der Waals surface area contributed by atoms with E-state index in [0.717, 1.165) is 31.7 Å². The quantitative estimate of drug-likeness (QED) is 0.233. The number of nitrogens with zero attached hydrogens (tertiary/aromatic N) is 1. The molecule has 3 aromatic carbocycles. The van der Waals surface area contributed by atoms with Crippen LogP contribution in [0.3, 0.4) is 0 Å². The van der Waals surface area contributed by atoms with E-state index in [0.29, 0.717) is 41.5 Å². The van der Waals surface area contributed by atoms with E-state index in [1.54, 1.807) is 12.1 Å². The molecule has 1 heterocycles. The maximum atomic E-state index is 13.8. The molecule has 7 nitrogen and oxygen atoms in total. The standard InChI is InChI=1S/C27H21F2IN2O5S/c1-15-3-5-16(6-4-15)14-37-25-20(30)9-17(10-22(25)36-2)11-23-26(34)32(27(35)38-23)13-24(33)31-21-8-7-18(28)12-19(21)29/h3-12H,13-14H2,1-2H3,(H,31,33)/b23-11-. The molecule has 1 N–H and O–H groups in total. The summed E-state index contributed by atoms with van der Waals surface area (Å²) in [7, 11) is 1.50. The van der Waals surface area contributed by atoms with Crippen LogP contribution in [0.4, 0.5) is 19.3 Å². The lowest BCUT2D eigenvalue weighted by molar-refractivity contribution is -0.127. The fourth-order valence-electron chi connectivity index (χ4n) is 3.51. The van der Waals surface area contributed by atoms with Gasteiger partial charge in [0.15, 0.2) is 11.5 Å². The predicted molar refractivity (Wildman–Crippen MR) is 149 cm³/mol. The fourth-order valence-corrected chi connectivity index (χ4v) is 5.13. The number of carbonyl (C=O) groups is 3. The Morgan fingerprint density at radius 1 is 1.11 bits per heavy atom. The van der Waals surface area contributed by atoms with Crippen LogP contribution in [0.15, 0.2) is 59.5 Å². The molecule has 0 atom stereocenters. The van der Waals surface area contributed by atoms with E-state index in [4.69, 9.17) is 9.47 Å². The highest BCUT2D eigenvalue weighted by Crippen LogP contribution is 2.37. The van der Waals surface area contributed by atoms with Gasteiger partial charge < -0.3 is 14.8 Å². The predicted octanol–water partition coefficient (Wildman–Crippen LogP) is 6.14. The molecule has 3 aromatic rings. The first-order chi connectivity index (χ1) is 18.1. The van der Waals surface area contributed by atoms with Crippen molar-refractivity contribution in [2.75, 3.05) is 19.0 Å². The third kappa shape index (κ3) is 6.51. The Balaban J connectivity index is 1.46. The van der Waals surface area contributed by atoms with E-state index in [9.17, 15) is 23.2 Å². The number of carbonyl (C=O) groups excluding carboxylic acids is 3. The number of anilines is 1. The molecule has 4 rings (SSSR count). The SMILES string of the molecule is COc1cc(/C=C2\SC(=O)N(CC(=O)Nc3ccc(F)cc3F)C2=O)cc(I)c1OCc1ccc(C)cc1. The zero-order chi connectivity index (χ0) is 27.4. The number of thioether (sulfide) groups is 1. The van der Waals surface area contributed by atoms with Crippen LogP contribution in [0.25, 0.3) is 6.08 Å². The molecule has 1 fully saturated rings. The van der Waals surface area contributed by atoms with Crippen molar-refractivity contribution in [3.05, 3.63) is 91.4 Å². The lowest BCUT2D eigenvalue weighted by Gasteiger charge is -2.14. The summed E-state index contributed by atoms with van der Waals surface area (Å²) in [5, 5.41) is 1.60. The lowest BCUT2D eigenvalue weighted by atomic mass is 10.1. The first-order valence-corrected chi connectivity index (χ1v) is 13.1. The Morgan fingerprint density at radius 3 is 2.53 bits per heavy atom. The third-order valence-corrected chi connectivity index (χ3v) is 7.14. The van der Waals surface area contributed by atoms with Crippen LogP contribution < -0.4 is 14.8 Å². The average molecular weight is 650 g/mol. The highest BCUT2D eigenvalue weighted by atomic mass is 127. The molecule has 196 valence electrons. The second kappa shape index (κ2) is 11.9. The van der Waals surface area contributed by atoms with Gasteiger partial charge in [-0.05, 0) is 82.7 Å². The number of nitrogens with one attached hydrogen (secondary N) is 1. The summed E-state index contributed by atoms with van der Waals surface area (Å²) in [4.78, 5) is 38.5. The smallest absolute Gasteiger partial charge is 0.294 e. The van der Waals surface area contributed by atoms with Gasteiger partial charge in [0.2, 0.25) is 5.91 Å². The van der Waals surface area contributed by atoms with Crippen molar-refractivity contribution in [1.29, 1.82) is 0 Å². The normalized spacial score (nSPS) is 14.2. The monoisotopic (exact) mass is 650 g/mol. The zero-order valence-corrected chi connectivity index (χ0v) is 23.2. The number of benzene rings is 3. The molecule has 11 heteroatoms. The molecule has 0 aliphatic carbocycles. The first kappa shape index (κ1) is 27.6. The van der Waals surface area contributed by atoms with Gasteiger partial charge in [-0.1, -0.05) is 29.8 Å². The van der Waals surface area contributed by atoms with Gasteiger partial charge in [0.25, 0.3) is 11.1 Å². The number of hydrogen-bond acceptors (Lipinski definition) is 6. The minimum atomic E-state index is -0.970. The summed E-state index contributed by atoms with van der Waals surface area (Å²) in [5.74, 6) is -2.23. The van der Waals surface area contributed by atoms with E-state index < -0.39 is 35.2 Å². The minimum absolute atomic E-state index is 0.113. The highest BCUT2D eigenvalue weighted by Gasteiger charge is 2.36. The van der Waals surface area contributed by atoms with Gasteiger partial charge in [-0.25, -0.2) is 8.78 Å². The van der Waals surface area contributed by atoms with E-state index in [1.165, 1.54) is 13.2 Å². The van der Waals surface area contributed by atoms with Crippen molar-refractivity contribution in [1.82, 2.24) is 4.90 Å². The van der Waals surface area contributed by atoms with Gasteiger partial charge in [-0.2, -0.15) is 0 Å². The highest BCUT2D eigenvalue weighted by molar-refractivity contribution is 14.1. The summed E-state index contributed by atoms with van der Waals surface area (Å²) in [5.41, 5.74) is 2.48. The van der Waals surface area contributed by atoms with Crippen LogP contribution in [0.1, 0.15) is 16.7 Å². The summed E-state index contributed by atoms with van der Waals surface area (Å²) < 4.78 is 39.1. The number of aryl methyl sites for hydroxylation is 1. The molecule has 1 aliphatic rings. The molecule has 0 aromatic heterocycles. The topological polar surface area (TPSA) is 84.9 Å². The molecular formula is C27H21F2IN2O5S. The van der Waals surface area contributed by atoms with Crippen LogP contribution in [-0.4, -0.2) is 35.6 Å². The molecule has 38 heavy (non-hydrogen) atoms. The number of imide groups is 1. The van der Waals surface area contributed by atoms with Crippen molar-refractivity contribution in [2.24, 2.45) is 0 Å². The second-order valence-electron chi connectivity index (χ2n) is 8.25. The summed E-state index contributed by atoms with van der Waals surface area (Å²) >= 11 is 2.79. The van der Waals surface area contributed by atoms with Gasteiger partial charge in [0.05, 0.1) is 21.3 Å². The van der Waals surface area contributed by atoms with Crippen molar-refractivity contribution in [2.45, 2.75) is 13.5 Å². The molecule has 0 unspecified atom stereocenters. The largest absolute Gasteiger partial charge is 0.493 e. The van der Waals surface area contributed by atoms with Crippen LogP contribution in [-0.2, 0) is 16.2 Å². The lowest BCUT2D eigenvalue weighted by Crippen LogP contribution is -2.36. The van der Waals surface area contributed by atoms with Crippen LogP contribution >= 0.6 is 34.4 Å². The molecule has 1 aliphatic heterocycles. The molecule has 0 saturated carbocycles. The number of rotatable bonds is 8. The average Bonchev–Trinajstić information content (AvgIpc) is 3.13. The maximum absolute atomic E-state index is 13.8. The molecule has 0 bridgehead atoms. The van der Waals surface area contributed by atoms with E-state index in [2.05, 4.69) is 27.9 Å². The van der Waals surface area contributed by atoms with Crippen molar-refractivity contribution in [3.8, 4) is 11.5 Å². The Morgan fingerprint density at radius 2 is 1.84 bits per heavy atom. The maximum Gasteiger partial charge on any atom is 0.294 e. The molecule has 3 amide bonds. The van der Waals surface area contributed by atoms with Crippen molar-refractivity contribution < 1.29 is 32.6 Å². The van der Waals surface area contributed by atoms with Gasteiger partial charge in [0, 0.05) is 6.07 Å². The zero-order valence-electron chi connectivity index (χ0n) is 20.2. The van der Waals surface area contributed by atoms with Gasteiger partial charge in [-0.3, -0.25) is 19.3 Å². The van der Waals surface area contributed by atoms with Crippen LogP contribution in [0, 0.1) is 22.1 Å².